The number of aromatic nitrogens is 2. The van der Waals surface area contributed by atoms with Crippen LogP contribution in [0.4, 0.5) is 13.6 Å². The minimum absolute atomic E-state index is 0.00693. The van der Waals surface area contributed by atoms with Gasteiger partial charge in [0.1, 0.15) is 17.8 Å². The van der Waals surface area contributed by atoms with Gasteiger partial charge < -0.3 is 30.1 Å². The van der Waals surface area contributed by atoms with Crippen molar-refractivity contribution in [3.63, 3.8) is 0 Å². The van der Waals surface area contributed by atoms with E-state index >= 15 is 0 Å². The minimum atomic E-state index is -2.82. The van der Waals surface area contributed by atoms with Crippen LogP contribution in [0.15, 0.2) is 11.2 Å². The third-order valence-electron chi connectivity index (χ3n) is 6.33. The summed E-state index contributed by atoms with van der Waals surface area (Å²) in [5.74, 6) is -3.31. The smallest absolute Gasteiger partial charge is 0.410 e. The Balaban J connectivity index is 1.76. The van der Waals surface area contributed by atoms with Crippen LogP contribution in [0.1, 0.15) is 59.2 Å². The first-order valence-electron chi connectivity index (χ1n) is 12.4. The molecule has 2 aliphatic heterocycles. The highest BCUT2D eigenvalue weighted by Gasteiger charge is 2.46. The van der Waals surface area contributed by atoms with Gasteiger partial charge in [-0.25, -0.2) is 13.6 Å². The normalized spacial score (nSPS) is 24.9. The second-order valence-electron chi connectivity index (χ2n) is 10.7. The molecular formula is C24H35F2N7O5. The number of nitriles is 1. The number of likely N-dealkylation sites (N-methyl/N-ethyl adjacent to an activating group) is 1. The summed E-state index contributed by atoms with van der Waals surface area (Å²) in [4.78, 5) is 24.0. The average Bonchev–Trinajstić information content (AvgIpc) is 3.09. The van der Waals surface area contributed by atoms with Gasteiger partial charge >= 0.3 is 6.09 Å². The Labute approximate surface area is 220 Å². The van der Waals surface area contributed by atoms with Gasteiger partial charge in [-0.15, -0.1) is 0 Å². The maximum atomic E-state index is 13.9. The average molecular weight is 540 g/mol. The maximum Gasteiger partial charge on any atom is 0.410 e. The van der Waals surface area contributed by atoms with E-state index in [1.54, 1.807) is 34.7 Å². The van der Waals surface area contributed by atoms with E-state index in [2.05, 4.69) is 21.2 Å². The standard InChI is InChI=1S/C24H35F2N7O5/c1-14(17-12-24(25,26)13-32(17)5)36-18-11-19(30-21(29-18)20(28)31-35)37-16-7-9-33(15(10-16)6-8-27)22(34)38-23(2,3)4/h11,14-17,35H,6-7,9-10,12-13H2,1-5H3,(H2,28,31)/t14-,15+,16-,17-/m0/s1. The monoisotopic (exact) mass is 539 g/mol. The van der Waals surface area contributed by atoms with E-state index in [-0.39, 0.29) is 42.8 Å². The van der Waals surface area contributed by atoms with Crippen molar-refractivity contribution in [1.29, 1.82) is 5.26 Å². The summed E-state index contributed by atoms with van der Waals surface area (Å²) in [7, 11) is 1.60. The minimum Gasteiger partial charge on any atom is -0.474 e. The van der Waals surface area contributed by atoms with E-state index in [1.807, 2.05) is 0 Å². The molecule has 4 atom stereocenters. The summed E-state index contributed by atoms with van der Waals surface area (Å²) >= 11 is 0. The van der Waals surface area contributed by atoms with Crippen LogP contribution >= 0.6 is 0 Å². The van der Waals surface area contributed by atoms with Crippen molar-refractivity contribution < 1.29 is 33.0 Å². The van der Waals surface area contributed by atoms with Crippen molar-refractivity contribution in [2.24, 2.45) is 10.9 Å². The van der Waals surface area contributed by atoms with E-state index in [9.17, 15) is 18.8 Å². The number of nitrogens with zero attached hydrogens (tertiary/aromatic N) is 6. The molecule has 3 N–H and O–H groups in total. The Morgan fingerprint density at radius 3 is 2.66 bits per heavy atom. The number of carbonyl (C=O) groups is 1. The lowest BCUT2D eigenvalue weighted by atomic mass is 9.97. The second kappa shape index (κ2) is 11.5. The van der Waals surface area contributed by atoms with Crippen molar-refractivity contribution in [2.75, 3.05) is 20.1 Å². The molecule has 0 unspecified atom stereocenters. The lowest BCUT2D eigenvalue weighted by Gasteiger charge is -2.38. The predicted molar refractivity (Wildman–Crippen MR) is 131 cm³/mol. The third kappa shape index (κ3) is 7.53. The number of amides is 1. The van der Waals surface area contributed by atoms with Crippen LogP contribution in [-0.4, -0.2) is 92.9 Å². The number of alkyl halides is 2. The van der Waals surface area contributed by atoms with Gasteiger partial charge in [0, 0.05) is 25.8 Å². The quantitative estimate of drug-likeness (QED) is 0.228. The first-order valence-corrected chi connectivity index (χ1v) is 12.4. The summed E-state index contributed by atoms with van der Waals surface area (Å²) in [5.41, 5.74) is 5.02. The highest BCUT2D eigenvalue weighted by molar-refractivity contribution is 5.93. The Bertz CT molecular complexity index is 1080. The molecule has 14 heteroatoms. The predicted octanol–water partition coefficient (Wildman–Crippen LogP) is 2.74. The Morgan fingerprint density at radius 2 is 2.08 bits per heavy atom. The molecule has 0 aromatic carbocycles. The number of piperidine rings is 1. The van der Waals surface area contributed by atoms with Crippen LogP contribution in [-0.2, 0) is 4.74 Å². The molecule has 3 rings (SSSR count). The molecule has 2 aliphatic rings. The van der Waals surface area contributed by atoms with Crippen LogP contribution < -0.4 is 15.2 Å². The van der Waals surface area contributed by atoms with E-state index < -0.39 is 41.9 Å². The number of hydrogen-bond donors (Lipinski definition) is 2. The first-order chi connectivity index (χ1) is 17.7. The Hall–Kier alpha value is -3.47. The second-order valence-corrected chi connectivity index (χ2v) is 10.7. The third-order valence-corrected chi connectivity index (χ3v) is 6.33. The van der Waals surface area contributed by atoms with Crippen molar-refractivity contribution >= 4 is 11.9 Å². The lowest BCUT2D eigenvalue weighted by Crippen LogP contribution is -2.50. The molecule has 210 valence electrons. The van der Waals surface area contributed by atoms with E-state index in [4.69, 9.17) is 25.2 Å². The van der Waals surface area contributed by atoms with Crippen molar-refractivity contribution in [1.82, 2.24) is 19.8 Å². The molecule has 2 fully saturated rings. The van der Waals surface area contributed by atoms with Crippen LogP contribution in [0.25, 0.3) is 0 Å². The number of likely N-dealkylation sites (tertiary alicyclic amines) is 2. The fourth-order valence-corrected chi connectivity index (χ4v) is 4.64. The van der Waals surface area contributed by atoms with Gasteiger partial charge in [-0.1, -0.05) is 5.16 Å². The zero-order valence-electron chi connectivity index (χ0n) is 22.2. The molecule has 0 saturated carbocycles. The van der Waals surface area contributed by atoms with Gasteiger partial charge in [0.15, 0.2) is 0 Å². The van der Waals surface area contributed by atoms with E-state index in [1.165, 1.54) is 15.9 Å². The molecule has 0 radical (unpaired) electrons. The van der Waals surface area contributed by atoms with Crippen LogP contribution in [0, 0.1) is 11.3 Å². The number of halogens is 2. The van der Waals surface area contributed by atoms with Gasteiger partial charge in [0.2, 0.25) is 23.4 Å². The van der Waals surface area contributed by atoms with Gasteiger partial charge in [-0.05, 0) is 34.7 Å². The van der Waals surface area contributed by atoms with Gasteiger partial charge in [0.25, 0.3) is 5.92 Å². The summed E-state index contributed by atoms with van der Waals surface area (Å²) in [6.07, 6.45) is -1.09. The molecule has 0 bridgehead atoms. The van der Waals surface area contributed by atoms with Crippen molar-refractivity contribution in [3.05, 3.63) is 11.9 Å². The number of rotatable bonds is 7. The largest absolute Gasteiger partial charge is 0.474 e. The van der Waals surface area contributed by atoms with E-state index in [0.29, 0.717) is 19.4 Å². The maximum absolute atomic E-state index is 13.9. The summed E-state index contributed by atoms with van der Waals surface area (Å²) in [6, 6.07) is 2.51. The number of nitrogens with two attached hydrogens (primary N) is 1. The van der Waals surface area contributed by atoms with Crippen LogP contribution in [0.3, 0.4) is 0 Å². The molecule has 3 heterocycles. The Morgan fingerprint density at radius 1 is 1.39 bits per heavy atom. The molecule has 38 heavy (non-hydrogen) atoms. The SMILES string of the molecule is C[C@H](Oc1cc(O[C@H]2CCN(C(=O)OC(C)(C)C)[C@H](CC#N)C2)nc(C(N)=NO)n1)[C@@H]1CC(F)(F)CN1C. The number of hydrogen-bond acceptors (Lipinski definition) is 10. The summed E-state index contributed by atoms with van der Waals surface area (Å²) < 4.78 is 45.2. The summed E-state index contributed by atoms with van der Waals surface area (Å²) in [5, 5.41) is 21.4. The van der Waals surface area contributed by atoms with Gasteiger partial charge in [-0.3, -0.25) is 4.90 Å². The Kier molecular flexibility index (Phi) is 8.81. The molecule has 1 aromatic rings. The molecule has 0 aliphatic carbocycles. The van der Waals surface area contributed by atoms with Gasteiger partial charge in [0.05, 0.1) is 37.2 Å². The zero-order valence-corrected chi connectivity index (χ0v) is 22.2. The first kappa shape index (κ1) is 29.1. The molecule has 12 nitrogen and oxygen atoms in total. The molecule has 2 saturated heterocycles. The molecule has 1 amide bonds. The van der Waals surface area contributed by atoms with Crippen molar-refractivity contribution in [3.8, 4) is 17.8 Å². The molecular weight excluding hydrogens is 504 g/mol. The summed E-state index contributed by atoms with van der Waals surface area (Å²) in [6.45, 7) is 6.89. The fraction of sp³-hybridized carbons (Fsp3) is 0.708. The number of carbonyl (C=O) groups excluding carboxylic acids is 1. The number of amidine groups is 1. The van der Waals surface area contributed by atoms with E-state index in [0.717, 1.165) is 0 Å². The topological polar surface area (TPSA) is 159 Å². The number of ether oxygens (including phenoxy) is 3. The van der Waals surface area contributed by atoms with Gasteiger partial charge in [-0.2, -0.15) is 15.2 Å². The van der Waals surface area contributed by atoms with Crippen LogP contribution in [0.2, 0.25) is 0 Å². The molecule has 0 spiro atoms. The highest BCUT2D eigenvalue weighted by Crippen LogP contribution is 2.34. The van der Waals surface area contributed by atoms with Crippen molar-refractivity contribution in [2.45, 2.75) is 89.2 Å². The highest BCUT2D eigenvalue weighted by atomic mass is 19.3. The molecule has 1 aromatic heterocycles. The zero-order chi connectivity index (χ0) is 28.3. The number of oxime groups is 1. The fourth-order valence-electron chi connectivity index (χ4n) is 4.64. The van der Waals surface area contributed by atoms with Crippen LogP contribution in [0.5, 0.6) is 11.8 Å². The lowest BCUT2D eigenvalue weighted by molar-refractivity contribution is -0.00392.